The molecule has 0 aromatic heterocycles. The number of hydrogen-bond acceptors (Lipinski definition) is 4. The van der Waals surface area contributed by atoms with Crippen molar-refractivity contribution >= 4 is 5.97 Å². The zero-order valence-corrected chi connectivity index (χ0v) is 12.8. The average molecular weight is 289 g/mol. The van der Waals surface area contributed by atoms with E-state index in [0.717, 1.165) is 38.3 Å². The van der Waals surface area contributed by atoms with Crippen molar-refractivity contribution in [1.29, 1.82) is 0 Å². The second kappa shape index (κ2) is 5.43. The first-order valence-electron chi connectivity index (χ1n) is 7.71. The molecule has 1 aromatic rings. The topological polar surface area (TPSA) is 38.8 Å². The second-order valence-electron chi connectivity index (χ2n) is 6.04. The van der Waals surface area contributed by atoms with Gasteiger partial charge in [-0.1, -0.05) is 30.3 Å². The molecule has 0 bridgehead atoms. The molecule has 0 amide bonds. The Kier molecular flexibility index (Phi) is 3.76. The van der Waals surface area contributed by atoms with Crippen LogP contribution in [0.3, 0.4) is 0 Å². The van der Waals surface area contributed by atoms with E-state index in [1.807, 2.05) is 37.3 Å². The third-order valence-electron chi connectivity index (χ3n) is 5.00. The highest BCUT2D eigenvalue weighted by Crippen LogP contribution is 2.61. The van der Waals surface area contributed by atoms with Crippen LogP contribution in [0, 0.1) is 0 Å². The molecule has 1 saturated heterocycles. The van der Waals surface area contributed by atoms with Crippen molar-refractivity contribution in [3.05, 3.63) is 35.9 Å². The van der Waals surface area contributed by atoms with Crippen LogP contribution >= 0.6 is 0 Å². The summed E-state index contributed by atoms with van der Waals surface area (Å²) in [5.41, 5.74) is 0.379. The lowest BCUT2D eigenvalue weighted by Crippen LogP contribution is -2.49. The van der Waals surface area contributed by atoms with Gasteiger partial charge in [-0.3, -0.25) is 9.69 Å². The van der Waals surface area contributed by atoms with Crippen LogP contribution in [0.2, 0.25) is 0 Å². The molecule has 2 atom stereocenters. The summed E-state index contributed by atoms with van der Waals surface area (Å²) in [6.07, 6.45) is 0.822. The van der Waals surface area contributed by atoms with Gasteiger partial charge < -0.3 is 9.47 Å². The van der Waals surface area contributed by atoms with E-state index in [-0.39, 0.29) is 11.5 Å². The number of carbonyl (C=O) groups is 1. The van der Waals surface area contributed by atoms with Crippen LogP contribution < -0.4 is 0 Å². The van der Waals surface area contributed by atoms with Crippen molar-refractivity contribution in [2.75, 3.05) is 32.9 Å². The SMILES string of the molecule is CCOC(=O)C1(c2ccccc2)CC1(C)N1CCOCC1. The van der Waals surface area contributed by atoms with Gasteiger partial charge in [0.15, 0.2) is 0 Å². The molecule has 114 valence electrons. The van der Waals surface area contributed by atoms with E-state index in [1.54, 1.807) is 0 Å². The van der Waals surface area contributed by atoms with Crippen LogP contribution in [-0.4, -0.2) is 49.3 Å². The fraction of sp³-hybridized carbons (Fsp3) is 0.588. The predicted octanol–water partition coefficient (Wildman–Crippen LogP) is 1.98. The smallest absolute Gasteiger partial charge is 0.318 e. The number of benzene rings is 1. The van der Waals surface area contributed by atoms with Gasteiger partial charge in [-0.25, -0.2) is 0 Å². The molecule has 2 aliphatic rings. The zero-order chi connectivity index (χ0) is 14.9. The van der Waals surface area contributed by atoms with Crippen molar-refractivity contribution < 1.29 is 14.3 Å². The molecule has 0 radical (unpaired) electrons. The molecule has 2 unspecified atom stereocenters. The van der Waals surface area contributed by atoms with Gasteiger partial charge in [0, 0.05) is 18.6 Å². The molecule has 1 heterocycles. The Morgan fingerprint density at radius 3 is 2.57 bits per heavy atom. The summed E-state index contributed by atoms with van der Waals surface area (Å²) in [6.45, 7) is 7.71. The number of hydrogen-bond donors (Lipinski definition) is 0. The van der Waals surface area contributed by atoms with Crippen LogP contribution in [-0.2, 0) is 19.7 Å². The third-order valence-corrected chi connectivity index (χ3v) is 5.00. The Morgan fingerprint density at radius 1 is 1.29 bits per heavy atom. The van der Waals surface area contributed by atoms with Gasteiger partial charge in [-0.05, 0) is 25.8 Å². The van der Waals surface area contributed by atoms with Gasteiger partial charge in [-0.15, -0.1) is 0 Å². The average Bonchev–Trinajstić information content (AvgIpc) is 3.18. The number of esters is 1. The van der Waals surface area contributed by atoms with Crippen molar-refractivity contribution in [2.45, 2.75) is 31.2 Å². The molecule has 0 spiro atoms. The minimum Gasteiger partial charge on any atom is -0.465 e. The van der Waals surface area contributed by atoms with Gasteiger partial charge in [0.05, 0.1) is 19.8 Å². The van der Waals surface area contributed by atoms with E-state index in [2.05, 4.69) is 11.8 Å². The Morgan fingerprint density at radius 2 is 1.95 bits per heavy atom. The molecule has 4 heteroatoms. The highest BCUT2D eigenvalue weighted by molar-refractivity contribution is 5.90. The Balaban J connectivity index is 1.94. The van der Waals surface area contributed by atoms with Crippen LogP contribution in [0.5, 0.6) is 0 Å². The van der Waals surface area contributed by atoms with Gasteiger partial charge in [0.2, 0.25) is 0 Å². The minimum absolute atomic E-state index is 0.0924. The summed E-state index contributed by atoms with van der Waals surface area (Å²) in [7, 11) is 0. The minimum atomic E-state index is -0.526. The third kappa shape index (κ3) is 2.17. The molecule has 2 fully saturated rings. The normalized spacial score (nSPS) is 32.7. The molecular weight excluding hydrogens is 266 g/mol. The van der Waals surface area contributed by atoms with Crippen LogP contribution in [0.1, 0.15) is 25.8 Å². The summed E-state index contributed by atoms with van der Waals surface area (Å²) in [5.74, 6) is -0.0924. The molecule has 0 N–H and O–H groups in total. The van der Waals surface area contributed by atoms with Crippen LogP contribution in [0.25, 0.3) is 0 Å². The van der Waals surface area contributed by atoms with Crippen molar-refractivity contribution in [3.8, 4) is 0 Å². The lowest BCUT2D eigenvalue weighted by molar-refractivity contribution is -0.148. The van der Waals surface area contributed by atoms with E-state index in [9.17, 15) is 4.79 Å². The summed E-state index contributed by atoms with van der Waals surface area (Å²) in [5, 5.41) is 0. The van der Waals surface area contributed by atoms with E-state index in [4.69, 9.17) is 9.47 Å². The first-order chi connectivity index (χ1) is 10.1. The Labute approximate surface area is 126 Å². The van der Waals surface area contributed by atoms with Crippen molar-refractivity contribution in [1.82, 2.24) is 4.90 Å². The predicted molar refractivity (Wildman–Crippen MR) is 80.2 cm³/mol. The summed E-state index contributed by atoms with van der Waals surface area (Å²) in [4.78, 5) is 15.1. The lowest BCUT2D eigenvalue weighted by atomic mass is 9.90. The molecular formula is C17H23NO3. The monoisotopic (exact) mass is 289 g/mol. The van der Waals surface area contributed by atoms with Crippen LogP contribution in [0.15, 0.2) is 30.3 Å². The van der Waals surface area contributed by atoms with Crippen molar-refractivity contribution in [2.24, 2.45) is 0 Å². The fourth-order valence-corrected chi connectivity index (χ4v) is 3.71. The van der Waals surface area contributed by atoms with E-state index < -0.39 is 5.41 Å². The number of morpholine rings is 1. The maximum atomic E-state index is 12.7. The van der Waals surface area contributed by atoms with Crippen LogP contribution in [0.4, 0.5) is 0 Å². The Bertz CT molecular complexity index is 512. The number of ether oxygens (including phenoxy) is 2. The highest BCUT2D eigenvalue weighted by Gasteiger charge is 2.73. The number of carbonyl (C=O) groups excluding carboxylic acids is 1. The molecule has 3 rings (SSSR count). The first kappa shape index (κ1) is 14.5. The largest absolute Gasteiger partial charge is 0.465 e. The molecule has 1 aliphatic heterocycles. The molecule has 21 heavy (non-hydrogen) atoms. The van der Waals surface area contributed by atoms with Gasteiger partial charge >= 0.3 is 5.97 Å². The number of nitrogens with zero attached hydrogens (tertiary/aromatic N) is 1. The zero-order valence-electron chi connectivity index (χ0n) is 12.8. The van der Waals surface area contributed by atoms with Crippen molar-refractivity contribution in [3.63, 3.8) is 0 Å². The maximum Gasteiger partial charge on any atom is 0.318 e. The standard InChI is InChI=1S/C17H23NO3/c1-3-21-15(19)17(14-7-5-4-6-8-14)13-16(17,2)18-9-11-20-12-10-18/h4-8H,3,9-13H2,1-2H3. The second-order valence-corrected chi connectivity index (χ2v) is 6.04. The molecule has 1 aliphatic carbocycles. The van der Waals surface area contributed by atoms with E-state index in [1.165, 1.54) is 0 Å². The van der Waals surface area contributed by atoms with E-state index in [0.29, 0.717) is 6.61 Å². The maximum absolute atomic E-state index is 12.7. The molecule has 1 aromatic carbocycles. The van der Waals surface area contributed by atoms with Gasteiger partial charge in [-0.2, -0.15) is 0 Å². The van der Waals surface area contributed by atoms with Gasteiger partial charge in [0.25, 0.3) is 0 Å². The summed E-state index contributed by atoms with van der Waals surface area (Å²) < 4.78 is 10.9. The fourth-order valence-electron chi connectivity index (χ4n) is 3.71. The highest BCUT2D eigenvalue weighted by atomic mass is 16.5. The quantitative estimate of drug-likeness (QED) is 0.795. The van der Waals surface area contributed by atoms with Gasteiger partial charge in [0.1, 0.15) is 5.41 Å². The Hall–Kier alpha value is -1.39. The summed E-state index contributed by atoms with van der Waals surface area (Å²) in [6, 6.07) is 10.1. The first-order valence-corrected chi connectivity index (χ1v) is 7.71. The molecule has 1 saturated carbocycles. The summed E-state index contributed by atoms with van der Waals surface area (Å²) >= 11 is 0. The molecule has 4 nitrogen and oxygen atoms in total. The van der Waals surface area contributed by atoms with E-state index >= 15 is 0 Å². The number of rotatable bonds is 4. The lowest BCUT2D eigenvalue weighted by Gasteiger charge is -2.36.